The number of carbonyl (C=O) groups is 1. The van der Waals surface area contributed by atoms with Crippen LogP contribution in [0.25, 0.3) is 11.0 Å². The average molecular weight is 239 g/mol. The highest BCUT2D eigenvalue weighted by atomic mass is 35.5. The summed E-state index contributed by atoms with van der Waals surface area (Å²) in [4.78, 5) is 38.2. The van der Waals surface area contributed by atoms with E-state index in [2.05, 4.69) is 9.97 Å². The lowest BCUT2D eigenvalue weighted by atomic mass is 10.1. The van der Waals surface area contributed by atoms with Crippen molar-refractivity contribution in [3.63, 3.8) is 0 Å². The summed E-state index contributed by atoms with van der Waals surface area (Å²) in [5, 5.41) is 0. The van der Waals surface area contributed by atoms with Crippen molar-refractivity contribution in [2.24, 2.45) is 0 Å². The summed E-state index contributed by atoms with van der Waals surface area (Å²) in [5.41, 5.74) is -0.201. The third-order valence-corrected chi connectivity index (χ3v) is 2.41. The van der Waals surface area contributed by atoms with Gasteiger partial charge in [0.05, 0.1) is 16.9 Å². The molecule has 0 aliphatic carbocycles. The quantitative estimate of drug-likeness (QED) is 0.458. The van der Waals surface area contributed by atoms with Crippen LogP contribution in [0.2, 0.25) is 0 Å². The number of hydrogen-bond donors (Lipinski definition) is 2. The zero-order chi connectivity index (χ0) is 11.7. The molecule has 0 saturated carbocycles. The lowest BCUT2D eigenvalue weighted by Crippen LogP contribution is -2.28. The Balaban J connectivity index is 2.71. The fourth-order valence-corrected chi connectivity index (χ4v) is 1.52. The Morgan fingerprint density at radius 1 is 1.12 bits per heavy atom. The predicted molar refractivity (Wildman–Crippen MR) is 60.2 cm³/mol. The summed E-state index contributed by atoms with van der Waals surface area (Å²) in [6, 6.07) is 4.57. The molecule has 1 aromatic carbocycles. The Morgan fingerprint density at radius 2 is 1.75 bits per heavy atom. The number of nitrogens with one attached hydrogen (secondary N) is 2. The van der Waals surface area contributed by atoms with Crippen LogP contribution in [0, 0.1) is 0 Å². The van der Waals surface area contributed by atoms with Crippen LogP contribution in [0.15, 0.2) is 27.8 Å². The number of aromatic nitrogens is 2. The Bertz CT molecular complexity index is 672. The first-order chi connectivity index (χ1) is 7.61. The molecule has 2 N–H and O–H groups in total. The number of hydrogen-bond acceptors (Lipinski definition) is 3. The van der Waals surface area contributed by atoms with Crippen molar-refractivity contribution in [1.29, 1.82) is 0 Å². The van der Waals surface area contributed by atoms with Gasteiger partial charge in [-0.2, -0.15) is 0 Å². The summed E-state index contributed by atoms with van der Waals surface area (Å²) in [6.07, 6.45) is 0. The Morgan fingerprint density at radius 3 is 2.38 bits per heavy atom. The Hall–Kier alpha value is -1.88. The van der Waals surface area contributed by atoms with E-state index in [-0.39, 0.29) is 11.7 Å². The van der Waals surface area contributed by atoms with Gasteiger partial charge in [0.2, 0.25) is 0 Å². The summed E-state index contributed by atoms with van der Waals surface area (Å²) in [5.74, 6) is -0.366. The topological polar surface area (TPSA) is 82.8 Å². The molecule has 2 rings (SSSR count). The normalized spacial score (nSPS) is 10.6. The minimum absolute atomic E-state index is 0.126. The van der Waals surface area contributed by atoms with Gasteiger partial charge in [0.15, 0.2) is 5.78 Å². The molecule has 5 nitrogen and oxygen atoms in total. The monoisotopic (exact) mass is 238 g/mol. The fraction of sp³-hybridized carbons (Fsp3) is 0.100. The Labute approximate surface area is 94.1 Å². The number of rotatable bonds is 2. The lowest BCUT2D eigenvalue weighted by Gasteiger charge is -2.00. The Kier molecular flexibility index (Phi) is 2.62. The molecule has 0 fully saturated rings. The van der Waals surface area contributed by atoms with Crippen LogP contribution in [0.4, 0.5) is 0 Å². The number of ketones is 1. The molecular formula is C10H7ClN2O3. The van der Waals surface area contributed by atoms with E-state index >= 15 is 0 Å². The number of aromatic amines is 2. The van der Waals surface area contributed by atoms with Crippen molar-refractivity contribution in [2.45, 2.75) is 0 Å². The summed E-state index contributed by atoms with van der Waals surface area (Å²) >= 11 is 5.41. The second-order valence-corrected chi connectivity index (χ2v) is 3.49. The molecule has 6 heteroatoms. The van der Waals surface area contributed by atoms with Crippen molar-refractivity contribution in [1.82, 2.24) is 9.97 Å². The van der Waals surface area contributed by atoms with E-state index in [1.807, 2.05) is 0 Å². The van der Waals surface area contributed by atoms with Gasteiger partial charge in [0.25, 0.3) is 0 Å². The van der Waals surface area contributed by atoms with Gasteiger partial charge in [-0.15, -0.1) is 11.6 Å². The highest BCUT2D eigenvalue weighted by Crippen LogP contribution is 2.10. The van der Waals surface area contributed by atoms with Gasteiger partial charge in [0, 0.05) is 5.56 Å². The van der Waals surface area contributed by atoms with Crippen LogP contribution >= 0.6 is 11.6 Å². The van der Waals surface area contributed by atoms with Gasteiger partial charge >= 0.3 is 11.1 Å². The van der Waals surface area contributed by atoms with Crippen LogP contribution in [-0.2, 0) is 0 Å². The number of carbonyl (C=O) groups excluding carboxylic acids is 1. The molecule has 2 aromatic rings. The first-order valence-electron chi connectivity index (χ1n) is 4.47. The van der Waals surface area contributed by atoms with Crippen molar-refractivity contribution < 1.29 is 4.79 Å². The number of halogens is 1. The van der Waals surface area contributed by atoms with E-state index in [1.54, 1.807) is 12.1 Å². The fourth-order valence-electron chi connectivity index (χ4n) is 1.37. The van der Waals surface area contributed by atoms with Crippen molar-refractivity contribution in [2.75, 3.05) is 5.88 Å². The third kappa shape index (κ3) is 1.77. The second kappa shape index (κ2) is 3.94. The molecule has 16 heavy (non-hydrogen) atoms. The molecule has 1 heterocycles. The van der Waals surface area contributed by atoms with E-state index in [0.29, 0.717) is 16.6 Å². The SMILES string of the molecule is O=C(CCl)c1ccc2[nH]c(=O)c(=O)[nH]c2c1. The summed E-state index contributed by atoms with van der Waals surface area (Å²) in [6.45, 7) is 0. The molecule has 0 radical (unpaired) electrons. The van der Waals surface area contributed by atoms with E-state index in [4.69, 9.17) is 11.6 Å². The smallest absolute Gasteiger partial charge is 0.314 e. The molecule has 0 aliphatic rings. The van der Waals surface area contributed by atoms with Crippen molar-refractivity contribution in [3.8, 4) is 0 Å². The van der Waals surface area contributed by atoms with Crippen LogP contribution in [0.1, 0.15) is 10.4 Å². The standard InChI is InChI=1S/C10H7ClN2O3/c11-4-8(14)5-1-2-6-7(3-5)13-10(16)9(15)12-6/h1-3H,4H2,(H,12,15)(H,13,16). The van der Waals surface area contributed by atoms with E-state index in [9.17, 15) is 14.4 Å². The number of fused-ring (bicyclic) bond motifs is 1. The first-order valence-corrected chi connectivity index (χ1v) is 5.01. The molecule has 0 spiro atoms. The number of Topliss-reactive ketones (excluding diaryl/α,β-unsaturated/α-hetero) is 1. The maximum absolute atomic E-state index is 11.3. The van der Waals surface area contributed by atoms with E-state index in [0.717, 1.165) is 0 Å². The average Bonchev–Trinajstić information content (AvgIpc) is 2.29. The maximum Gasteiger partial charge on any atom is 0.314 e. The molecule has 0 amide bonds. The van der Waals surface area contributed by atoms with E-state index in [1.165, 1.54) is 6.07 Å². The number of benzene rings is 1. The lowest BCUT2D eigenvalue weighted by molar-refractivity contribution is 0.102. The second-order valence-electron chi connectivity index (χ2n) is 3.23. The first kappa shape index (κ1) is 10.6. The van der Waals surface area contributed by atoms with Crippen LogP contribution in [0.5, 0.6) is 0 Å². The largest absolute Gasteiger partial charge is 0.316 e. The van der Waals surface area contributed by atoms with Gasteiger partial charge in [0.1, 0.15) is 0 Å². The van der Waals surface area contributed by atoms with Crippen LogP contribution in [-0.4, -0.2) is 21.6 Å². The van der Waals surface area contributed by atoms with Gasteiger partial charge < -0.3 is 9.97 Å². The van der Waals surface area contributed by atoms with Gasteiger partial charge in [-0.25, -0.2) is 0 Å². The molecule has 0 saturated heterocycles. The van der Waals surface area contributed by atoms with Crippen molar-refractivity contribution >= 4 is 28.4 Å². The molecular weight excluding hydrogens is 232 g/mol. The highest BCUT2D eigenvalue weighted by Gasteiger charge is 2.06. The summed E-state index contributed by atoms with van der Waals surface area (Å²) < 4.78 is 0. The molecule has 0 aliphatic heterocycles. The molecule has 82 valence electrons. The van der Waals surface area contributed by atoms with Crippen LogP contribution < -0.4 is 11.1 Å². The molecule has 0 bridgehead atoms. The molecule has 0 atom stereocenters. The zero-order valence-corrected chi connectivity index (χ0v) is 8.80. The predicted octanol–water partition coefficient (Wildman–Crippen LogP) is 0.638. The van der Waals surface area contributed by atoms with Crippen molar-refractivity contribution in [3.05, 3.63) is 44.5 Å². The van der Waals surface area contributed by atoms with Gasteiger partial charge in [-0.3, -0.25) is 14.4 Å². The number of H-pyrrole nitrogens is 2. The zero-order valence-electron chi connectivity index (χ0n) is 8.04. The third-order valence-electron chi connectivity index (χ3n) is 2.17. The minimum atomic E-state index is -0.747. The molecule has 0 unspecified atom stereocenters. The summed E-state index contributed by atoms with van der Waals surface area (Å²) in [7, 11) is 0. The van der Waals surface area contributed by atoms with Crippen LogP contribution in [0.3, 0.4) is 0 Å². The number of alkyl halides is 1. The molecule has 1 aromatic heterocycles. The maximum atomic E-state index is 11.3. The van der Waals surface area contributed by atoms with Gasteiger partial charge in [-0.1, -0.05) is 0 Å². The van der Waals surface area contributed by atoms with E-state index < -0.39 is 11.1 Å². The highest BCUT2D eigenvalue weighted by molar-refractivity contribution is 6.30. The van der Waals surface area contributed by atoms with Gasteiger partial charge in [-0.05, 0) is 18.2 Å². The minimum Gasteiger partial charge on any atom is -0.316 e.